The number of amides is 1. The van der Waals surface area contributed by atoms with E-state index in [9.17, 15) is 9.59 Å². The summed E-state index contributed by atoms with van der Waals surface area (Å²) in [5.74, 6) is -0.462. The summed E-state index contributed by atoms with van der Waals surface area (Å²) < 4.78 is 0. The van der Waals surface area contributed by atoms with Crippen LogP contribution in [0.3, 0.4) is 0 Å². The maximum atomic E-state index is 12.8. The second-order valence-electron chi connectivity index (χ2n) is 5.69. The van der Waals surface area contributed by atoms with E-state index in [0.717, 1.165) is 19.3 Å². The first-order chi connectivity index (χ1) is 11.6. The lowest BCUT2D eigenvalue weighted by atomic mass is 9.97. The van der Waals surface area contributed by atoms with Gasteiger partial charge in [-0.05, 0) is 31.7 Å². The van der Waals surface area contributed by atoms with E-state index in [2.05, 4.69) is 15.0 Å². The highest BCUT2D eigenvalue weighted by Crippen LogP contribution is 2.25. The average molecular weight is 346 g/mol. The lowest BCUT2D eigenvalue weighted by molar-refractivity contribution is -0.137. The fourth-order valence-electron chi connectivity index (χ4n) is 2.89. The smallest absolute Gasteiger partial charge is 0.303 e. The van der Waals surface area contributed by atoms with Crippen LogP contribution in [0.4, 0.5) is 0 Å². The largest absolute Gasteiger partial charge is 0.481 e. The van der Waals surface area contributed by atoms with Crippen molar-refractivity contribution in [3.63, 3.8) is 0 Å². The van der Waals surface area contributed by atoms with Crippen LogP contribution in [0.2, 0.25) is 0 Å². The van der Waals surface area contributed by atoms with E-state index >= 15 is 0 Å². The molecule has 3 rings (SSSR count). The third-order valence-corrected chi connectivity index (χ3v) is 4.90. The summed E-state index contributed by atoms with van der Waals surface area (Å²) >= 11 is 1.34. The molecule has 2 aromatic rings. The van der Waals surface area contributed by atoms with E-state index in [1.54, 1.807) is 28.7 Å². The second-order valence-corrected chi connectivity index (χ2v) is 6.55. The van der Waals surface area contributed by atoms with Crippen molar-refractivity contribution in [1.82, 2.24) is 19.9 Å². The molecule has 1 fully saturated rings. The SMILES string of the molecule is O=C(O)CC[C@@H]1CCCCN1C(=O)c1csc(-c2ncccn2)n1. The molecule has 24 heavy (non-hydrogen) atoms. The fraction of sp³-hybridized carbons (Fsp3) is 0.438. The van der Waals surface area contributed by atoms with Gasteiger partial charge in [-0.25, -0.2) is 15.0 Å². The van der Waals surface area contributed by atoms with Crippen LogP contribution in [0, 0.1) is 0 Å². The number of piperidine rings is 1. The number of thiazole rings is 1. The molecule has 0 bridgehead atoms. The molecule has 0 saturated carbocycles. The molecule has 1 N–H and O–H groups in total. The first-order valence-electron chi connectivity index (χ1n) is 7.91. The highest BCUT2D eigenvalue weighted by Gasteiger charge is 2.29. The van der Waals surface area contributed by atoms with Gasteiger partial charge in [-0.1, -0.05) is 0 Å². The first kappa shape index (κ1) is 16.5. The van der Waals surface area contributed by atoms with E-state index in [4.69, 9.17) is 5.11 Å². The zero-order valence-corrected chi connectivity index (χ0v) is 13.9. The molecule has 1 saturated heterocycles. The predicted molar refractivity (Wildman–Crippen MR) is 88.7 cm³/mol. The molecule has 1 amide bonds. The van der Waals surface area contributed by atoms with Gasteiger partial charge in [-0.15, -0.1) is 11.3 Å². The molecule has 1 atom stereocenters. The Morgan fingerprint density at radius 1 is 1.29 bits per heavy atom. The van der Waals surface area contributed by atoms with E-state index in [1.807, 2.05) is 0 Å². The topological polar surface area (TPSA) is 96.3 Å². The Morgan fingerprint density at radius 2 is 2.08 bits per heavy atom. The van der Waals surface area contributed by atoms with Gasteiger partial charge in [0.25, 0.3) is 5.91 Å². The van der Waals surface area contributed by atoms with Gasteiger partial charge in [0.15, 0.2) is 10.8 Å². The predicted octanol–water partition coefficient (Wildman–Crippen LogP) is 2.46. The molecule has 0 radical (unpaired) electrons. The van der Waals surface area contributed by atoms with Gasteiger partial charge in [-0.3, -0.25) is 9.59 Å². The van der Waals surface area contributed by atoms with Crippen LogP contribution in [-0.4, -0.2) is 49.4 Å². The summed E-state index contributed by atoms with van der Waals surface area (Å²) in [6.07, 6.45) is 6.64. The Bertz CT molecular complexity index is 719. The van der Waals surface area contributed by atoms with Crippen LogP contribution in [0.1, 0.15) is 42.6 Å². The Kier molecular flexibility index (Phi) is 5.14. The zero-order chi connectivity index (χ0) is 16.9. The van der Waals surface area contributed by atoms with Gasteiger partial charge in [0.1, 0.15) is 5.69 Å². The first-order valence-corrected chi connectivity index (χ1v) is 8.79. The summed E-state index contributed by atoms with van der Waals surface area (Å²) in [4.78, 5) is 38.0. The van der Waals surface area contributed by atoms with Crippen LogP contribution in [0.15, 0.2) is 23.8 Å². The van der Waals surface area contributed by atoms with E-state index in [1.165, 1.54) is 11.3 Å². The van der Waals surface area contributed by atoms with Gasteiger partial charge in [0.2, 0.25) is 0 Å². The molecule has 7 nitrogen and oxygen atoms in total. The molecule has 126 valence electrons. The number of nitrogens with zero attached hydrogens (tertiary/aromatic N) is 4. The number of likely N-dealkylation sites (tertiary alicyclic amines) is 1. The summed E-state index contributed by atoms with van der Waals surface area (Å²) in [7, 11) is 0. The third kappa shape index (κ3) is 3.76. The van der Waals surface area contributed by atoms with Crippen molar-refractivity contribution in [2.45, 2.75) is 38.1 Å². The lowest BCUT2D eigenvalue weighted by Gasteiger charge is -2.35. The molecular weight excluding hydrogens is 328 g/mol. The molecule has 8 heteroatoms. The summed E-state index contributed by atoms with van der Waals surface area (Å²) in [6.45, 7) is 0.651. The van der Waals surface area contributed by atoms with E-state index in [0.29, 0.717) is 29.5 Å². The molecule has 1 aliphatic rings. The highest BCUT2D eigenvalue weighted by atomic mass is 32.1. The van der Waals surface area contributed by atoms with Crippen molar-refractivity contribution in [2.24, 2.45) is 0 Å². The maximum Gasteiger partial charge on any atom is 0.303 e. The van der Waals surface area contributed by atoms with Gasteiger partial charge in [-0.2, -0.15) is 0 Å². The summed E-state index contributed by atoms with van der Waals surface area (Å²) in [5.41, 5.74) is 0.379. The molecule has 1 aliphatic heterocycles. The quantitative estimate of drug-likeness (QED) is 0.893. The third-order valence-electron chi connectivity index (χ3n) is 4.06. The molecule has 0 aliphatic carbocycles. The summed E-state index contributed by atoms with van der Waals surface area (Å²) in [6, 6.07) is 1.70. The van der Waals surface area contributed by atoms with Crippen molar-refractivity contribution in [1.29, 1.82) is 0 Å². The van der Waals surface area contributed by atoms with Crippen molar-refractivity contribution >= 4 is 23.2 Å². The molecule has 0 spiro atoms. The van der Waals surface area contributed by atoms with Gasteiger partial charge in [0, 0.05) is 36.8 Å². The molecule has 0 unspecified atom stereocenters. The molecule has 3 heterocycles. The Hall–Kier alpha value is -2.35. The minimum atomic E-state index is -0.829. The van der Waals surface area contributed by atoms with Crippen molar-refractivity contribution < 1.29 is 14.7 Å². The maximum absolute atomic E-state index is 12.8. The molecular formula is C16H18N4O3S. The van der Waals surface area contributed by atoms with Gasteiger partial charge in [0.05, 0.1) is 0 Å². The molecule has 0 aromatic carbocycles. The zero-order valence-electron chi connectivity index (χ0n) is 13.1. The normalized spacial score (nSPS) is 17.7. The van der Waals surface area contributed by atoms with Gasteiger partial charge < -0.3 is 10.0 Å². The lowest BCUT2D eigenvalue weighted by Crippen LogP contribution is -2.44. The monoisotopic (exact) mass is 346 g/mol. The van der Waals surface area contributed by atoms with Crippen LogP contribution in [-0.2, 0) is 4.79 Å². The standard InChI is InChI=1S/C16H18N4O3S/c21-13(22)6-5-11-4-1-2-9-20(11)16(23)12-10-24-15(19-12)14-17-7-3-8-18-14/h3,7-8,10-11H,1-2,4-6,9H2,(H,21,22)/t11-/m0/s1. The van der Waals surface area contributed by atoms with Crippen molar-refractivity contribution in [3.8, 4) is 10.8 Å². The number of carbonyl (C=O) groups is 2. The van der Waals surface area contributed by atoms with Crippen LogP contribution >= 0.6 is 11.3 Å². The number of rotatable bonds is 5. The Morgan fingerprint density at radius 3 is 2.83 bits per heavy atom. The number of aliphatic carboxylic acids is 1. The Balaban J connectivity index is 1.74. The van der Waals surface area contributed by atoms with E-state index in [-0.39, 0.29) is 18.4 Å². The number of carboxylic acids is 1. The van der Waals surface area contributed by atoms with Gasteiger partial charge >= 0.3 is 5.97 Å². The second kappa shape index (κ2) is 7.48. The van der Waals surface area contributed by atoms with Crippen LogP contribution < -0.4 is 0 Å². The highest BCUT2D eigenvalue weighted by molar-refractivity contribution is 7.13. The van der Waals surface area contributed by atoms with Crippen LogP contribution in [0.5, 0.6) is 0 Å². The molecule has 2 aromatic heterocycles. The van der Waals surface area contributed by atoms with E-state index < -0.39 is 5.97 Å². The van der Waals surface area contributed by atoms with Crippen molar-refractivity contribution in [3.05, 3.63) is 29.5 Å². The number of hydrogen-bond acceptors (Lipinski definition) is 6. The average Bonchev–Trinajstić information content (AvgIpc) is 3.10. The number of carboxylic acid groups (broad SMARTS) is 1. The van der Waals surface area contributed by atoms with Crippen molar-refractivity contribution in [2.75, 3.05) is 6.54 Å². The fourth-order valence-corrected chi connectivity index (χ4v) is 3.63. The minimum Gasteiger partial charge on any atom is -0.481 e. The number of aromatic nitrogens is 3. The number of hydrogen-bond donors (Lipinski definition) is 1. The summed E-state index contributed by atoms with van der Waals surface area (Å²) in [5, 5.41) is 11.2. The Labute approximate surface area is 143 Å². The van der Waals surface area contributed by atoms with Crippen LogP contribution in [0.25, 0.3) is 10.8 Å². The minimum absolute atomic E-state index is 0.0273. The number of carbonyl (C=O) groups excluding carboxylic acids is 1.